The van der Waals surface area contributed by atoms with Gasteiger partial charge >= 0.3 is 0 Å². The minimum Gasteiger partial charge on any atom is -0.497 e. The summed E-state index contributed by atoms with van der Waals surface area (Å²) in [6, 6.07) is 7.09. The topological polar surface area (TPSA) is 78.9 Å². The van der Waals surface area contributed by atoms with Gasteiger partial charge in [-0.25, -0.2) is 0 Å². The zero-order valence-electron chi connectivity index (χ0n) is 15.3. The van der Waals surface area contributed by atoms with Gasteiger partial charge in [0.1, 0.15) is 11.5 Å². The standard InChI is InChI=1S/C20H26N2O4/c1-21-15-11-20-8-7-17(23)14(10-20)18(24)16(22(20)19(15)25)9-12-3-5-13(26-2)6-4-12/h3-6,14-16,18,21,24H,7-11H2,1-2H3/t14?,15-,16?,18?,20?/m0/s1. The highest BCUT2D eigenvalue weighted by atomic mass is 16.5. The van der Waals surface area contributed by atoms with Gasteiger partial charge in [-0.2, -0.15) is 0 Å². The Kier molecular flexibility index (Phi) is 4.28. The molecule has 2 aliphatic heterocycles. The number of carbonyl (C=O) groups is 2. The molecule has 2 bridgehead atoms. The number of fused-ring (bicyclic) bond motifs is 1. The molecule has 1 spiro atoms. The lowest BCUT2D eigenvalue weighted by Gasteiger charge is -2.54. The van der Waals surface area contributed by atoms with Crippen molar-refractivity contribution in [1.29, 1.82) is 0 Å². The number of likely N-dealkylation sites (N-methyl/N-ethyl adjacent to an activating group) is 1. The summed E-state index contributed by atoms with van der Waals surface area (Å²) in [5.74, 6) is 0.612. The van der Waals surface area contributed by atoms with Crippen LogP contribution in [0.15, 0.2) is 24.3 Å². The molecule has 2 saturated heterocycles. The Morgan fingerprint density at radius 3 is 2.65 bits per heavy atom. The van der Waals surface area contributed by atoms with Crippen LogP contribution in [0.5, 0.6) is 5.75 Å². The number of methoxy groups -OCH3 is 1. The van der Waals surface area contributed by atoms with Gasteiger partial charge in [-0.15, -0.1) is 0 Å². The monoisotopic (exact) mass is 358 g/mol. The first-order valence-corrected chi connectivity index (χ1v) is 9.33. The third-order valence-electron chi connectivity index (χ3n) is 6.57. The molecule has 5 atom stereocenters. The molecule has 140 valence electrons. The largest absolute Gasteiger partial charge is 0.497 e. The van der Waals surface area contributed by atoms with Crippen LogP contribution in [0.2, 0.25) is 0 Å². The summed E-state index contributed by atoms with van der Waals surface area (Å²) in [6.45, 7) is 0. The van der Waals surface area contributed by atoms with E-state index in [1.165, 1.54) is 0 Å². The molecule has 26 heavy (non-hydrogen) atoms. The Balaban J connectivity index is 1.68. The maximum Gasteiger partial charge on any atom is 0.240 e. The highest BCUT2D eigenvalue weighted by molar-refractivity contribution is 5.89. The van der Waals surface area contributed by atoms with Crippen LogP contribution in [0.4, 0.5) is 0 Å². The lowest BCUT2D eigenvalue weighted by atomic mass is 9.66. The first-order chi connectivity index (χ1) is 12.5. The number of benzene rings is 1. The Morgan fingerprint density at radius 1 is 1.27 bits per heavy atom. The van der Waals surface area contributed by atoms with Gasteiger partial charge in [0.15, 0.2) is 0 Å². The Bertz CT molecular complexity index is 719. The summed E-state index contributed by atoms with van der Waals surface area (Å²) in [5.41, 5.74) is 0.734. The highest BCUT2D eigenvalue weighted by Gasteiger charge is 2.61. The molecule has 0 radical (unpaired) electrons. The number of ether oxygens (including phenoxy) is 1. The number of ketones is 1. The molecule has 4 unspecified atom stereocenters. The molecular formula is C20H26N2O4. The second-order valence-corrected chi connectivity index (χ2v) is 7.87. The Labute approximate surface area is 153 Å². The fourth-order valence-electron chi connectivity index (χ4n) is 5.23. The summed E-state index contributed by atoms with van der Waals surface area (Å²) < 4.78 is 5.20. The average molecular weight is 358 g/mol. The van der Waals surface area contributed by atoms with Crippen molar-refractivity contribution in [3.05, 3.63) is 29.8 Å². The van der Waals surface area contributed by atoms with Gasteiger partial charge < -0.3 is 20.1 Å². The summed E-state index contributed by atoms with van der Waals surface area (Å²) in [5, 5.41) is 14.1. The van der Waals surface area contributed by atoms with Gasteiger partial charge in [-0.3, -0.25) is 9.59 Å². The zero-order chi connectivity index (χ0) is 18.5. The predicted octanol–water partition coefficient (Wildman–Crippen LogP) is 0.909. The maximum absolute atomic E-state index is 13.0. The molecule has 0 aromatic heterocycles. The highest BCUT2D eigenvalue weighted by Crippen LogP contribution is 2.50. The number of amides is 1. The molecule has 1 aromatic rings. The molecule has 4 rings (SSSR count). The second kappa shape index (κ2) is 6.35. The number of Topliss-reactive ketones (excluding diaryl/α,β-unsaturated/α-hetero) is 1. The molecule has 1 aromatic carbocycles. The number of aliphatic hydroxyl groups is 1. The minimum absolute atomic E-state index is 0.0536. The van der Waals surface area contributed by atoms with E-state index in [0.29, 0.717) is 25.7 Å². The van der Waals surface area contributed by atoms with E-state index in [1.807, 2.05) is 29.2 Å². The van der Waals surface area contributed by atoms with E-state index in [-0.39, 0.29) is 35.2 Å². The molecule has 1 amide bonds. The van der Waals surface area contributed by atoms with Crippen LogP contribution < -0.4 is 10.1 Å². The molecular weight excluding hydrogens is 332 g/mol. The number of hydrogen-bond acceptors (Lipinski definition) is 5. The normalized spacial score (nSPS) is 36.2. The van der Waals surface area contributed by atoms with Gasteiger partial charge in [-0.05, 0) is 50.4 Å². The van der Waals surface area contributed by atoms with Crippen molar-refractivity contribution in [2.24, 2.45) is 5.92 Å². The van der Waals surface area contributed by atoms with Crippen molar-refractivity contribution in [3.63, 3.8) is 0 Å². The number of nitrogens with one attached hydrogen (secondary N) is 1. The fourth-order valence-corrected chi connectivity index (χ4v) is 5.23. The second-order valence-electron chi connectivity index (χ2n) is 7.87. The Morgan fingerprint density at radius 2 is 2.00 bits per heavy atom. The summed E-state index contributed by atoms with van der Waals surface area (Å²) >= 11 is 0. The quantitative estimate of drug-likeness (QED) is 0.836. The third-order valence-corrected chi connectivity index (χ3v) is 6.57. The van der Waals surface area contributed by atoms with Crippen LogP contribution in [-0.2, 0) is 16.0 Å². The first kappa shape index (κ1) is 17.5. The van der Waals surface area contributed by atoms with E-state index in [9.17, 15) is 14.7 Å². The van der Waals surface area contributed by atoms with Crippen LogP contribution in [0, 0.1) is 5.92 Å². The Hall–Kier alpha value is -1.92. The minimum atomic E-state index is -0.808. The van der Waals surface area contributed by atoms with Crippen molar-refractivity contribution in [3.8, 4) is 5.75 Å². The molecule has 3 aliphatic rings. The molecule has 2 heterocycles. The number of piperidine rings is 1. The van der Waals surface area contributed by atoms with E-state index in [4.69, 9.17) is 4.74 Å². The van der Waals surface area contributed by atoms with Gasteiger partial charge in [0.05, 0.1) is 25.3 Å². The summed E-state index contributed by atoms with van der Waals surface area (Å²) in [4.78, 5) is 27.4. The predicted molar refractivity (Wildman–Crippen MR) is 95.9 cm³/mol. The van der Waals surface area contributed by atoms with Crippen LogP contribution >= 0.6 is 0 Å². The van der Waals surface area contributed by atoms with Crippen LogP contribution in [-0.4, -0.2) is 59.6 Å². The smallest absolute Gasteiger partial charge is 0.240 e. The van der Waals surface area contributed by atoms with Crippen LogP contribution in [0.25, 0.3) is 0 Å². The first-order valence-electron chi connectivity index (χ1n) is 9.33. The number of carbonyl (C=O) groups excluding carboxylic acids is 2. The van der Waals surface area contributed by atoms with E-state index in [1.54, 1.807) is 14.2 Å². The molecule has 1 aliphatic carbocycles. The van der Waals surface area contributed by atoms with Crippen molar-refractivity contribution in [2.45, 2.75) is 55.8 Å². The van der Waals surface area contributed by atoms with Crippen molar-refractivity contribution >= 4 is 11.7 Å². The van der Waals surface area contributed by atoms with Gasteiger partial charge in [-0.1, -0.05) is 12.1 Å². The van der Waals surface area contributed by atoms with E-state index in [0.717, 1.165) is 17.7 Å². The van der Waals surface area contributed by atoms with Crippen molar-refractivity contribution in [2.75, 3.05) is 14.2 Å². The summed E-state index contributed by atoms with van der Waals surface area (Å²) in [7, 11) is 3.43. The lowest BCUT2D eigenvalue weighted by Crippen LogP contribution is -2.66. The third kappa shape index (κ3) is 2.55. The molecule has 6 heteroatoms. The van der Waals surface area contributed by atoms with Gasteiger partial charge in [0.25, 0.3) is 0 Å². The molecule has 6 nitrogen and oxygen atoms in total. The van der Waals surface area contributed by atoms with E-state index in [2.05, 4.69) is 5.32 Å². The van der Waals surface area contributed by atoms with Crippen LogP contribution in [0.1, 0.15) is 31.2 Å². The number of aliphatic hydroxyl groups excluding tert-OH is 1. The van der Waals surface area contributed by atoms with Gasteiger partial charge in [0.2, 0.25) is 5.91 Å². The molecule has 3 fully saturated rings. The maximum atomic E-state index is 13.0. The van der Waals surface area contributed by atoms with Crippen molar-refractivity contribution < 1.29 is 19.4 Å². The van der Waals surface area contributed by atoms with E-state index < -0.39 is 6.10 Å². The van der Waals surface area contributed by atoms with Crippen molar-refractivity contribution in [1.82, 2.24) is 10.2 Å². The summed E-state index contributed by atoms with van der Waals surface area (Å²) in [6.07, 6.45) is 2.21. The molecule has 2 N–H and O–H groups in total. The fraction of sp³-hybridized carbons (Fsp3) is 0.600. The number of rotatable bonds is 4. The zero-order valence-corrected chi connectivity index (χ0v) is 15.3. The van der Waals surface area contributed by atoms with Crippen LogP contribution in [0.3, 0.4) is 0 Å². The molecule has 1 saturated carbocycles. The SMILES string of the molecule is CN[C@H]1CC23CCC(=O)C(C2)C(O)C(Cc2ccc(OC)cc2)N3C1=O. The number of hydrogen-bond donors (Lipinski definition) is 2. The number of nitrogens with zero attached hydrogens (tertiary/aromatic N) is 1. The van der Waals surface area contributed by atoms with Gasteiger partial charge in [0, 0.05) is 17.9 Å². The lowest BCUT2D eigenvalue weighted by molar-refractivity contribution is -0.162. The average Bonchev–Trinajstić information content (AvgIpc) is 2.93. The van der Waals surface area contributed by atoms with E-state index >= 15 is 0 Å².